The molecule has 0 heterocycles. The SMILES string of the molecule is COc1ccc(C(C)NC(=O)CN(Cc2ccc(Cl)cc2)S(=O)(=O)c2ccc(Br)cc2)cc1OC. The zero-order valence-corrected chi connectivity index (χ0v) is 22.7. The molecule has 1 N–H and O–H groups in total. The van der Waals surface area contributed by atoms with Gasteiger partial charge in [-0.3, -0.25) is 4.79 Å². The molecule has 0 spiro atoms. The molecule has 0 saturated heterocycles. The van der Waals surface area contributed by atoms with Crippen LogP contribution in [0.5, 0.6) is 11.5 Å². The third-order valence-electron chi connectivity index (χ3n) is 5.33. The molecule has 0 aromatic heterocycles. The van der Waals surface area contributed by atoms with Crippen molar-refractivity contribution < 1.29 is 22.7 Å². The number of nitrogens with zero attached hydrogens (tertiary/aromatic N) is 1. The van der Waals surface area contributed by atoms with Crippen molar-refractivity contribution in [2.45, 2.75) is 24.4 Å². The molecular formula is C25H26BrClN2O5S. The summed E-state index contributed by atoms with van der Waals surface area (Å²) in [6, 6.07) is 18.1. The molecule has 3 aromatic rings. The highest BCUT2D eigenvalue weighted by Gasteiger charge is 2.27. The minimum absolute atomic E-state index is 0.00766. The molecule has 1 atom stereocenters. The van der Waals surface area contributed by atoms with Crippen LogP contribution in [0.4, 0.5) is 0 Å². The number of halogens is 2. The van der Waals surface area contributed by atoms with Crippen LogP contribution in [-0.2, 0) is 21.4 Å². The van der Waals surface area contributed by atoms with Crippen LogP contribution in [0.3, 0.4) is 0 Å². The van der Waals surface area contributed by atoms with E-state index in [2.05, 4.69) is 21.2 Å². The second-order valence-electron chi connectivity index (χ2n) is 7.76. The summed E-state index contributed by atoms with van der Waals surface area (Å²) in [6.07, 6.45) is 0. The number of nitrogens with one attached hydrogen (secondary N) is 1. The summed E-state index contributed by atoms with van der Waals surface area (Å²) in [5, 5.41) is 3.41. The van der Waals surface area contributed by atoms with E-state index in [1.807, 2.05) is 13.0 Å². The Hall–Kier alpha value is -2.59. The molecule has 0 aliphatic carbocycles. The Kier molecular flexibility index (Phi) is 9.18. The van der Waals surface area contributed by atoms with Gasteiger partial charge in [0.15, 0.2) is 11.5 Å². The highest BCUT2D eigenvalue weighted by Crippen LogP contribution is 2.30. The van der Waals surface area contributed by atoms with Gasteiger partial charge in [0.2, 0.25) is 15.9 Å². The monoisotopic (exact) mass is 580 g/mol. The van der Waals surface area contributed by atoms with Crippen molar-refractivity contribution in [2.75, 3.05) is 20.8 Å². The fourth-order valence-corrected chi connectivity index (χ4v) is 5.20. The van der Waals surface area contributed by atoms with E-state index in [1.165, 1.54) is 19.2 Å². The lowest BCUT2D eigenvalue weighted by atomic mass is 10.1. The molecular weight excluding hydrogens is 556 g/mol. The van der Waals surface area contributed by atoms with Crippen molar-refractivity contribution in [1.82, 2.24) is 9.62 Å². The molecule has 35 heavy (non-hydrogen) atoms. The first-order chi connectivity index (χ1) is 16.6. The second-order valence-corrected chi connectivity index (χ2v) is 11.0. The highest BCUT2D eigenvalue weighted by molar-refractivity contribution is 9.10. The summed E-state index contributed by atoms with van der Waals surface area (Å²) in [6.45, 7) is 1.46. The van der Waals surface area contributed by atoms with Crippen LogP contribution < -0.4 is 14.8 Å². The Morgan fingerprint density at radius 1 is 1.00 bits per heavy atom. The number of sulfonamides is 1. The average Bonchev–Trinajstić information content (AvgIpc) is 2.84. The largest absolute Gasteiger partial charge is 0.493 e. The molecule has 1 amide bonds. The van der Waals surface area contributed by atoms with Crippen LogP contribution in [0.1, 0.15) is 24.1 Å². The van der Waals surface area contributed by atoms with Crippen LogP contribution in [0.2, 0.25) is 5.02 Å². The normalized spacial score (nSPS) is 12.3. The molecule has 0 aliphatic heterocycles. The average molecular weight is 582 g/mol. The van der Waals surface area contributed by atoms with Gasteiger partial charge in [-0.05, 0) is 66.6 Å². The van der Waals surface area contributed by atoms with E-state index in [-0.39, 0.29) is 18.0 Å². The van der Waals surface area contributed by atoms with E-state index >= 15 is 0 Å². The van der Waals surface area contributed by atoms with Gasteiger partial charge in [-0.15, -0.1) is 0 Å². The van der Waals surface area contributed by atoms with Crippen LogP contribution in [0.25, 0.3) is 0 Å². The Balaban J connectivity index is 1.83. The van der Waals surface area contributed by atoms with Crippen molar-refractivity contribution in [3.8, 4) is 11.5 Å². The lowest BCUT2D eigenvalue weighted by molar-refractivity contribution is -0.122. The maximum absolute atomic E-state index is 13.4. The van der Waals surface area contributed by atoms with E-state index in [0.717, 1.165) is 14.3 Å². The summed E-state index contributed by atoms with van der Waals surface area (Å²) in [7, 11) is -0.879. The maximum atomic E-state index is 13.4. The number of carbonyl (C=O) groups is 1. The van der Waals surface area contributed by atoms with Crippen molar-refractivity contribution >= 4 is 43.5 Å². The van der Waals surface area contributed by atoms with Crippen molar-refractivity contribution in [3.05, 3.63) is 87.4 Å². The summed E-state index contributed by atoms with van der Waals surface area (Å²) < 4.78 is 39.4. The smallest absolute Gasteiger partial charge is 0.243 e. The molecule has 10 heteroatoms. The number of methoxy groups -OCH3 is 2. The zero-order valence-electron chi connectivity index (χ0n) is 19.5. The number of amides is 1. The quantitative estimate of drug-likeness (QED) is 0.356. The van der Waals surface area contributed by atoms with Gasteiger partial charge in [0.25, 0.3) is 0 Å². The number of benzene rings is 3. The molecule has 0 radical (unpaired) electrons. The van der Waals surface area contributed by atoms with Gasteiger partial charge < -0.3 is 14.8 Å². The molecule has 0 fully saturated rings. The molecule has 186 valence electrons. The minimum Gasteiger partial charge on any atom is -0.493 e. The Morgan fingerprint density at radius 2 is 1.63 bits per heavy atom. The van der Waals surface area contributed by atoms with Crippen molar-refractivity contribution in [1.29, 1.82) is 0 Å². The first-order valence-electron chi connectivity index (χ1n) is 10.7. The first kappa shape index (κ1) is 27.0. The second kappa shape index (κ2) is 11.9. The predicted octanol–water partition coefficient (Wildman–Crippen LogP) is 5.19. The topological polar surface area (TPSA) is 84.9 Å². The van der Waals surface area contributed by atoms with E-state index in [4.69, 9.17) is 21.1 Å². The van der Waals surface area contributed by atoms with E-state index in [1.54, 1.807) is 55.6 Å². The van der Waals surface area contributed by atoms with Gasteiger partial charge in [-0.25, -0.2) is 8.42 Å². The fraction of sp³-hybridized carbons (Fsp3) is 0.240. The summed E-state index contributed by atoms with van der Waals surface area (Å²) >= 11 is 9.29. The van der Waals surface area contributed by atoms with E-state index in [0.29, 0.717) is 22.1 Å². The van der Waals surface area contributed by atoms with Gasteiger partial charge in [0, 0.05) is 16.0 Å². The van der Waals surface area contributed by atoms with Crippen molar-refractivity contribution in [2.24, 2.45) is 0 Å². The summed E-state index contributed by atoms with van der Waals surface area (Å²) in [4.78, 5) is 13.1. The van der Waals surface area contributed by atoms with Crippen molar-refractivity contribution in [3.63, 3.8) is 0 Å². The molecule has 0 saturated carbocycles. The third kappa shape index (κ3) is 6.98. The number of rotatable bonds is 10. The number of hydrogen-bond acceptors (Lipinski definition) is 5. The van der Waals surface area contributed by atoms with Crippen LogP contribution in [0, 0.1) is 0 Å². The van der Waals surface area contributed by atoms with Gasteiger partial charge >= 0.3 is 0 Å². The first-order valence-corrected chi connectivity index (χ1v) is 13.3. The van der Waals surface area contributed by atoms with Crippen LogP contribution >= 0.6 is 27.5 Å². The summed E-state index contributed by atoms with van der Waals surface area (Å²) in [5.74, 6) is 0.666. The number of hydrogen-bond donors (Lipinski definition) is 1. The lowest BCUT2D eigenvalue weighted by Gasteiger charge is -2.23. The molecule has 0 aliphatic rings. The molecule has 1 unspecified atom stereocenters. The standard InChI is InChI=1S/C25H26BrClN2O5S/c1-17(19-6-13-23(33-2)24(14-19)34-3)28-25(30)16-29(15-18-4-9-21(27)10-5-18)35(31,32)22-11-7-20(26)8-12-22/h4-14,17H,15-16H2,1-3H3,(H,28,30). The number of ether oxygens (including phenoxy) is 2. The lowest BCUT2D eigenvalue weighted by Crippen LogP contribution is -2.41. The third-order valence-corrected chi connectivity index (χ3v) is 7.92. The van der Waals surface area contributed by atoms with E-state index < -0.39 is 22.0 Å². The Bertz CT molecular complexity index is 1270. The van der Waals surface area contributed by atoms with Gasteiger partial charge in [0.05, 0.1) is 31.7 Å². The van der Waals surface area contributed by atoms with Gasteiger partial charge in [0.1, 0.15) is 0 Å². The number of carbonyl (C=O) groups excluding carboxylic acids is 1. The molecule has 0 bridgehead atoms. The molecule has 7 nitrogen and oxygen atoms in total. The fourth-order valence-electron chi connectivity index (χ4n) is 3.43. The highest BCUT2D eigenvalue weighted by atomic mass is 79.9. The Morgan fingerprint density at radius 3 is 2.23 bits per heavy atom. The van der Waals surface area contributed by atoms with Crippen LogP contribution in [0.15, 0.2) is 76.1 Å². The minimum atomic E-state index is -3.96. The van der Waals surface area contributed by atoms with E-state index in [9.17, 15) is 13.2 Å². The maximum Gasteiger partial charge on any atom is 0.243 e. The molecule has 3 aromatic carbocycles. The van der Waals surface area contributed by atoms with Gasteiger partial charge in [-0.2, -0.15) is 4.31 Å². The summed E-state index contributed by atoms with van der Waals surface area (Å²) in [5.41, 5.74) is 1.49. The van der Waals surface area contributed by atoms with Crippen LogP contribution in [-0.4, -0.2) is 39.4 Å². The predicted molar refractivity (Wildman–Crippen MR) is 139 cm³/mol. The zero-order chi connectivity index (χ0) is 25.6. The Labute approximate surface area is 219 Å². The van der Waals surface area contributed by atoms with Gasteiger partial charge in [-0.1, -0.05) is 45.7 Å². The molecule has 3 rings (SSSR count).